The van der Waals surface area contributed by atoms with Gasteiger partial charge in [-0.1, -0.05) is 202 Å². The molecule has 2 aromatic heterocycles. The Hall–Kier alpha value is -9.50. The van der Waals surface area contributed by atoms with Gasteiger partial charge in [0.05, 0.1) is 16.6 Å². The van der Waals surface area contributed by atoms with Crippen molar-refractivity contribution in [2.75, 3.05) is 0 Å². The molecule has 0 bridgehead atoms. The van der Waals surface area contributed by atoms with E-state index in [1.165, 1.54) is 144 Å². The average molecular weight is 1050 g/mol. The van der Waals surface area contributed by atoms with Gasteiger partial charge >= 0.3 is 0 Å². The third-order valence-electron chi connectivity index (χ3n) is 19.1. The Kier molecular flexibility index (Phi) is 11.6. The minimum atomic E-state index is 0.352. The summed E-state index contributed by atoms with van der Waals surface area (Å²) in [6.07, 6.45) is 8.81. The molecule has 3 aliphatic rings. The smallest absolute Gasteiger partial charge is 0.0541 e. The van der Waals surface area contributed by atoms with E-state index in [2.05, 4.69) is 290 Å². The van der Waals surface area contributed by atoms with Crippen LogP contribution in [0.5, 0.6) is 0 Å². The van der Waals surface area contributed by atoms with Crippen molar-refractivity contribution >= 4 is 38.8 Å². The molecule has 2 nitrogen and oxygen atoms in total. The largest absolute Gasteiger partial charge is 0.310 e. The molecule has 0 radical (unpaired) electrons. The zero-order chi connectivity index (χ0) is 54.4. The molecular formula is C80H62N2. The molecule has 82 heavy (non-hydrogen) atoms. The number of fused-ring (bicyclic) bond motifs is 12. The van der Waals surface area contributed by atoms with Crippen LogP contribution in [0.4, 0.5) is 0 Å². The van der Waals surface area contributed by atoms with Gasteiger partial charge in [-0.2, -0.15) is 0 Å². The molecule has 0 saturated heterocycles. The van der Waals surface area contributed by atoms with Crippen LogP contribution in [0.15, 0.2) is 261 Å². The first kappa shape index (κ1) is 48.4. The molecule has 3 aliphatic carbocycles. The number of nitrogens with zero attached hydrogens (tertiary/aromatic N) is 2. The number of benzene rings is 11. The fourth-order valence-corrected chi connectivity index (χ4v) is 14.8. The van der Waals surface area contributed by atoms with Crippen LogP contribution < -0.4 is 0 Å². The van der Waals surface area contributed by atoms with Gasteiger partial charge in [0.2, 0.25) is 0 Å². The standard InChI is InChI=1S/C80H62N2/c1-51(53-18-6-3-7-19-53)70-49-61-32-30-57(44-72(61)66-25-13-12-24-65(66)70)58-31-33-62-50-71(52(2)54-20-8-4-9-21-54)67-41-36-56(46-74(67)73(62)45-58)55-34-39-64(40-35-55)82-78-29-17-15-27-69(78)76-48-60(38-43-80(76)82)59-37-42-79-75(47-59)68-26-14-16-28-77(68)81(79)63-22-10-5-11-23-63/h3-14,16-26,28-48,51-52,70-71H,15,27,49-50H2,1-2H3. The first-order valence-electron chi connectivity index (χ1n) is 29.6. The van der Waals surface area contributed by atoms with E-state index >= 15 is 0 Å². The van der Waals surface area contributed by atoms with Crippen molar-refractivity contribution in [3.8, 4) is 67.0 Å². The van der Waals surface area contributed by atoms with Gasteiger partial charge in [0.1, 0.15) is 0 Å². The molecule has 4 atom stereocenters. The van der Waals surface area contributed by atoms with E-state index in [9.17, 15) is 0 Å². The van der Waals surface area contributed by atoms with Crippen LogP contribution in [0, 0.1) is 0 Å². The Bertz CT molecular complexity index is 4650. The lowest BCUT2D eigenvalue weighted by Gasteiger charge is -2.33. The van der Waals surface area contributed by atoms with Gasteiger partial charge < -0.3 is 9.13 Å². The molecule has 0 aliphatic heterocycles. The minimum absolute atomic E-state index is 0.352. The maximum atomic E-state index is 2.50. The molecule has 2 heteroatoms. The SMILES string of the molecule is CC(c1ccccc1)C1Cc2ccc(-c3ccc4c(c3)-c3cc(-c5ccc(-n6c7c(c8cc(-c9ccc%10c(c9)c9ccccc9n%10-c9ccccc9)ccc86)CCC=C7)cc5)ccc3C(C(C)c3ccccc3)C4)cc2-c2ccccc21. The highest BCUT2D eigenvalue weighted by molar-refractivity contribution is 6.10. The zero-order valence-electron chi connectivity index (χ0n) is 46.4. The number of aryl methyl sites for hydroxylation is 1. The van der Waals surface area contributed by atoms with Crippen molar-refractivity contribution in [3.63, 3.8) is 0 Å². The summed E-state index contributed by atoms with van der Waals surface area (Å²) >= 11 is 0. The average Bonchev–Trinajstić information content (AvgIpc) is 3.94. The third-order valence-corrected chi connectivity index (χ3v) is 19.1. The first-order valence-corrected chi connectivity index (χ1v) is 29.6. The number of para-hydroxylation sites is 2. The van der Waals surface area contributed by atoms with E-state index in [1.54, 1.807) is 0 Å². The Labute approximate surface area is 481 Å². The van der Waals surface area contributed by atoms with Gasteiger partial charge in [0.25, 0.3) is 0 Å². The van der Waals surface area contributed by atoms with Crippen LogP contribution in [0.2, 0.25) is 0 Å². The van der Waals surface area contributed by atoms with Crippen molar-refractivity contribution in [2.24, 2.45) is 0 Å². The molecule has 0 N–H and O–H groups in total. The fraction of sp³-hybridized carbons (Fsp3) is 0.125. The van der Waals surface area contributed by atoms with Gasteiger partial charge in [-0.15, -0.1) is 0 Å². The van der Waals surface area contributed by atoms with Crippen molar-refractivity contribution in [1.29, 1.82) is 0 Å². The molecule has 392 valence electrons. The number of hydrogen-bond acceptors (Lipinski definition) is 0. The summed E-state index contributed by atoms with van der Waals surface area (Å²) in [4.78, 5) is 0. The fourth-order valence-electron chi connectivity index (χ4n) is 14.8. The molecular weight excluding hydrogens is 989 g/mol. The van der Waals surface area contributed by atoms with Crippen LogP contribution in [0.1, 0.15) is 88.6 Å². The Morgan fingerprint density at radius 2 is 0.829 bits per heavy atom. The second-order valence-electron chi connectivity index (χ2n) is 23.5. The third kappa shape index (κ3) is 7.99. The van der Waals surface area contributed by atoms with E-state index in [-0.39, 0.29) is 0 Å². The molecule has 0 saturated carbocycles. The van der Waals surface area contributed by atoms with E-state index in [0.29, 0.717) is 23.7 Å². The van der Waals surface area contributed by atoms with E-state index in [0.717, 1.165) is 25.7 Å². The zero-order valence-corrected chi connectivity index (χ0v) is 46.4. The van der Waals surface area contributed by atoms with Crippen LogP contribution in [0.3, 0.4) is 0 Å². The Morgan fingerprint density at radius 1 is 0.354 bits per heavy atom. The van der Waals surface area contributed by atoms with Crippen LogP contribution in [-0.4, -0.2) is 9.13 Å². The van der Waals surface area contributed by atoms with Gasteiger partial charge in [-0.25, -0.2) is 0 Å². The summed E-state index contributed by atoms with van der Waals surface area (Å²) in [6, 6.07) is 96.4. The second kappa shape index (κ2) is 19.6. The lowest BCUT2D eigenvalue weighted by molar-refractivity contribution is 0.568. The summed E-state index contributed by atoms with van der Waals surface area (Å²) in [5, 5.41) is 3.88. The molecule has 0 spiro atoms. The molecule has 0 fully saturated rings. The Balaban J connectivity index is 0.751. The summed E-state index contributed by atoms with van der Waals surface area (Å²) in [5.74, 6) is 1.55. The molecule has 16 rings (SSSR count). The number of rotatable bonds is 9. The van der Waals surface area contributed by atoms with Crippen LogP contribution in [0.25, 0.3) is 106 Å². The van der Waals surface area contributed by atoms with Gasteiger partial charge in [0.15, 0.2) is 0 Å². The normalized spacial score (nSPS) is 15.8. The summed E-state index contributed by atoms with van der Waals surface area (Å²) in [5.41, 5.74) is 30.3. The first-order chi connectivity index (χ1) is 40.5. The maximum Gasteiger partial charge on any atom is 0.0541 e. The highest BCUT2D eigenvalue weighted by Gasteiger charge is 2.32. The van der Waals surface area contributed by atoms with Crippen molar-refractivity contribution in [2.45, 2.75) is 63.2 Å². The van der Waals surface area contributed by atoms with Crippen molar-refractivity contribution < 1.29 is 0 Å². The van der Waals surface area contributed by atoms with E-state index in [1.807, 2.05) is 0 Å². The maximum absolute atomic E-state index is 2.50. The highest BCUT2D eigenvalue weighted by atomic mass is 15.0. The topological polar surface area (TPSA) is 9.86 Å². The molecule has 2 heterocycles. The van der Waals surface area contributed by atoms with Gasteiger partial charge in [-0.05, 0) is 223 Å². The second-order valence-corrected chi connectivity index (χ2v) is 23.5. The number of allylic oxidation sites excluding steroid dienone is 1. The number of hydrogen-bond donors (Lipinski definition) is 0. The summed E-state index contributed by atoms with van der Waals surface area (Å²) in [7, 11) is 0. The van der Waals surface area contributed by atoms with Gasteiger partial charge in [0, 0.05) is 33.2 Å². The lowest BCUT2D eigenvalue weighted by Crippen LogP contribution is -2.17. The van der Waals surface area contributed by atoms with Crippen molar-refractivity contribution in [1.82, 2.24) is 9.13 Å². The summed E-state index contributed by atoms with van der Waals surface area (Å²) in [6.45, 7) is 4.84. The van der Waals surface area contributed by atoms with E-state index < -0.39 is 0 Å². The van der Waals surface area contributed by atoms with Crippen LogP contribution >= 0.6 is 0 Å². The Morgan fingerprint density at radius 3 is 1.51 bits per heavy atom. The number of aromatic nitrogens is 2. The van der Waals surface area contributed by atoms with Gasteiger partial charge in [-0.3, -0.25) is 0 Å². The predicted octanol–water partition coefficient (Wildman–Crippen LogP) is 20.9. The van der Waals surface area contributed by atoms with Crippen molar-refractivity contribution in [3.05, 3.63) is 306 Å². The monoisotopic (exact) mass is 1050 g/mol. The molecule has 11 aromatic carbocycles. The molecule has 0 amide bonds. The lowest BCUT2D eigenvalue weighted by atomic mass is 9.70. The summed E-state index contributed by atoms with van der Waals surface area (Å²) < 4.78 is 4.89. The predicted molar refractivity (Wildman–Crippen MR) is 345 cm³/mol. The van der Waals surface area contributed by atoms with E-state index in [4.69, 9.17) is 0 Å². The molecule has 13 aromatic rings. The minimum Gasteiger partial charge on any atom is -0.310 e. The van der Waals surface area contributed by atoms with Crippen LogP contribution in [-0.2, 0) is 19.3 Å². The molecule has 4 unspecified atom stereocenters. The highest BCUT2D eigenvalue weighted by Crippen LogP contribution is 2.50. The quantitative estimate of drug-likeness (QED) is 0.136.